The van der Waals surface area contributed by atoms with E-state index in [0.717, 1.165) is 0 Å². The van der Waals surface area contributed by atoms with Gasteiger partial charge in [-0.25, -0.2) is 18.7 Å². The highest BCUT2D eigenvalue weighted by molar-refractivity contribution is 5.94. The number of carbonyl (C=O) groups is 2. The lowest BCUT2D eigenvalue weighted by molar-refractivity contribution is -0.110. The van der Waals surface area contributed by atoms with Crippen LogP contribution in [-0.2, 0) is 16.0 Å². The summed E-state index contributed by atoms with van der Waals surface area (Å²) in [5, 5.41) is 19.1. The number of rotatable bonds is 9. The summed E-state index contributed by atoms with van der Waals surface area (Å²) >= 11 is 0. The summed E-state index contributed by atoms with van der Waals surface area (Å²) in [6, 6.07) is 4.01. The SMILES string of the molecule is COCC1(CNC=O)Cc2cc(F)cc([C@@H](C)Nc3ccn4ncc(C(=O)O)c4n3)c2O1. The van der Waals surface area contributed by atoms with Crippen LogP contribution in [0.1, 0.15) is 34.5 Å². The Labute approximate surface area is 182 Å². The summed E-state index contributed by atoms with van der Waals surface area (Å²) in [5.74, 6) is -0.630. The predicted molar refractivity (Wildman–Crippen MR) is 111 cm³/mol. The van der Waals surface area contributed by atoms with Crippen molar-refractivity contribution in [3.05, 3.63) is 53.1 Å². The Morgan fingerprint density at radius 3 is 3.03 bits per heavy atom. The fourth-order valence-electron chi connectivity index (χ4n) is 3.97. The lowest BCUT2D eigenvalue weighted by Crippen LogP contribution is -2.48. The second-order valence-electron chi connectivity index (χ2n) is 7.69. The molecular formula is C21H22FN5O5. The number of methoxy groups -OCH3 is 1. The van der Waals surface area contributed by atoms with Crippen LogP contribution in [0.4, 0.5) is 10.2 Å². The Kier molecular flexibility index (Phi) is 5.66. The van der Waals surface area contributed by atoms with Gasteiger partial charge in [0, 0.05) is 30.9 Å². The van der Waals surface area contributed by atoms with Gasteiger partial charge < -0.3 is 25.2 Å². The van der Waals surface area contributed by atoms with Gasteiger partial charge in [0.15, 0.2) is 11.2 Å². The molecular weight excluding hydrogens is 421 g/mol. The molecule has 0 spiro atoms. The summed E-state index contributed by atoms with van der Waals surface area (Å²) in [5.41, 5.74) is 0.562. The van der Waals surface area contributed by atoms with Gasteiger partial charge in [-0.3, -0.25) is 4.79 Å². The first kappa shape index (κ1) is 21.5. The number of halogens is 1. The van der Waals surface area contributed by atoms with Gasteiger partial charge in [-0.05, 0) is 25.1 Å². The third kappa shape index (κ3) is 3.94. The molecule has 1 unspecified atom stereocenters. The zero-order chi connectivity index (χ0) is 22.9. The maximum absolute atomic E-state index is 14.4. The molecule has 1 amide bonds. The molecule has 3 N–H and O–H groups in total. The first-order chi connectivity index (χ1) is 15.4. The predicted octanol–water partition coefficient (Wildman–Crippen LogP) is 1.81. The molecule has 3 heterocycles. The number of aromatic nitrogens is 3. The van der Waals surface area contributed by atoms with Crippen LogP contribution < -0.4 is 15.4 Å². The lowest BCUT2D eigenvalue weighted by Gasteiger charge is -2.28. The van der Waals surface area contributed by atoms with Gasteiger partial charge in [0.2, 0.25) is 6.41 Å². The van der Waals surface area contributed by atoms with Crippen LogP contribution in [0.15, 0.2) is 30.6 Å². The minimum atomic E-state index is -1.13. The number of aromatic carboxylic acids is 1. The van der Waals surface area contributed by atoms with E-state index in [-0.39, 0.29) is 24.4 Å². The molecule has 11 heteroatoms. The van der Waals surface area contributed by atoms with Crippen LogP contribution in [0.5, 0.6) is 5.75 Å². The van der Waals surface area contributed by atoms with Crippen molar-refractivity contribution in [3.63, 3.8) is 0 Å². The van der Waals surface area contributed by atoms with E-state index < -0.39 is 23.4 Å². The van der Waals surface area contributed by atoms with Gasteiger partial charge >= 0.3 is 5.97 Å². The van der Waals surface area contributed by atoms with Crippen molar-refractivity contribution in [2.45, 2.75) is 25.0 Å². The number of nitrogens with one attached hydrogen (secondary N) is 2. The Balaban J connectivity index is 1.64. The van der Waals surface area contributed by atoms with Crippen molar-refractivity contribution >= 4 is 23.8 Å². The molecule has 0 saturated heterocycles. The van der Waals surface area contributed by atoms with Crippen LogP contribution in [0, 0.1) is 5.82 Å². The smallest absolute Gasteiger partial charge is 0.341 e. The third-order valence-electron chi connectivity index (χ3n) is 5.34. The number of carboxylic acids is 1. The lowest BCUT2D eigenvalue weighted by atomic mass is 9.96. The van der Waals surface area contributed by atoms with Crippen LogP contribution in [0.3, 0.4) is 0 Å². The molecule has 1 aliphatic rings. The van der Waals surface area contributed by atoms with E-state index in [9.17, 15) is 19.1 Å². The topological polar surface area (TPSA) is 127 Å². The second-order valence-corrected chi connectivity index (χ2v) is 7.69. The number of carboxylic acid groups (broad SMARTS) is 1. The van der Waals surface area contributed by atoms with Crippen molar-refractivity contribution in [2.75, 3.05) is 25.6 Å². The Morgan fingerprint density at radius 1 is 1.50 bits per heavy atom. The zero-order valence-electron chi connectivity index (χ0n) is 17.5. The molecule has 10 nitrogen and oxygen atoms in total. The van der Waals surface area contributed by atoms with Gasteiger partial charge in [-0.2, -0.15) is 5.10 Å². The fourth-order valence-corrected chi connectivity index (χ4v) is 3.97. The van der Waals surface area contributed by atoms with Crippen LogP contribution in [0.25, 0.3) is 5.65 Å². The number of hydrogen-bond acceptors (Lipinski definition) is 7. The fraction of sp³-hybridized carbons (Fsp3) is 0.333. The molecule has 0 radical (unpaired) electrons. The zero-order valence-corrected chi connectivity index (χ0v) is 17.5. The Hall–Kier alpha value is -3.73. The number of carbonyl (C=O) groups excluding carboxylic acids is 1. The van der Waals surface area contributed by atoms with Crippen LogP contribution in [-0.4, -0.2) is 57.9 Å². The van der Waals surface area contributed by atoms with Crippen molar-refractivity contribution in [1.82, 2.24) is 19.9 Å². The average molecular weight is 443 g/mol. The molecule has 0 aliphatic carbocycles. The molecule has 1 aromatic carbocycles. The number of anilines is 1. The number of ether oxygens (including phenoxy) is 2. The van der Waals surface area contributed by atoms with E-state index in [2.05, 4.69) is 20.7 Å². The third-order valence-corrected chi connectivity index (χ3v) is 5.34. The van der Waals surface area contributed by atoms with Crippen molar-refractivity contribution in [3.8, 4) is 5.75 Å². The number of hydrogen-bond donors (Lipinski definition) is 3. The molecule has 168 valence electrons. The quantitative estimate of drug-likeness (QED) is 0.428. The summed E-state index contributed by atoms with van der Waals surface area (Å²) in [6.07, 6.45) is 3.77. The molecule has 2 atom stereocenters. The summed E-state index contributed by atoms with van der Waals surface area (Å²) < 4.78 is 27.3. The van der Waals surface area contributed by atoms with Crippen molar-refractivity contribution in [2.24, 2.45) is 0 Å². The highest BCUT2D eigenvalue weighted by atomic mass is 19.1. The largest absolute Gasteiger partial charge is 0.482 e. The summed E-state index contributed by atoms with van der Waals surface area (Å²) in [7, 11) is 1.53. The average Bonchev–Trinajstić information content (AvgIpc) is 3.33. The maximum atomic E-state index is 14.4. The van der Waals surface area contributed by atoms with Crippen molar-refractivity contribution in [1.29, 1.82) is 0 Å². The molecule has 0 saturated carbocycles. The standard InChI is InChI=1S/C21H22FN5O5/c1-12(25-17-3-4-27-19(26-17)16(8-24-27)20(29)30)15-6-14(22)5-13-7-21(10-31-2,9-23-11-28)32-18(13)15/h3-6,8,11-12H,7,9-10H2,1-2H3,(H,23,28)(H,25,26)(H,29,30)/t12-,21?/m1/s1. The maximum Gasteiger partial charge on any atom is 0.341 e. The highest BCUT2D eigenvalue weighted by Crippen LogP contribution is 2.41. The van der Waals surface area contributed by atoms with E-state index >= 15 is 0 Å². The first-order valence-electron chi connectivity index (χ1n) is 9.87. The van der Waals surface area contributed by atoms with Gasteiger partial charge in [0.05, 0.1) is 25.4 Å². The van der Waals surface area contributed by atoms with E-state index in [1.54, 1.807) is 12.3 Å². The molecule has 4 rings (SSSR count). The minimum Gasteiger partial charge on any atom is -0.482 e. The molecule has 1 aliphatic heterocycles. The number of fused-ring (bicyclic) bond motifs is 2. The molecule has 32 heavy (non-hydrogen) atoms. The van der Waals surface area contributed by atoms with Gasteiger partial charge in [0.25, 0.3) is 0 Å². The Morgan fingerprint density at radius 2 is 2.31 bits per heavy atom. The first-order valence-corrected chi connectivity index (χ1v) is 9.87. The van der Waals surface area contributed by atoms with Crippen LogP contribution >= 0.6 is 0 Å². The highest BCUT2D eigenvalue weighted by Gasteiger charge is 2.41. The van der Waals surface area contributed by atoms with E-state index in [4.69, 9.17) is 9.47 Å². The molecule has 3 aromatic rings. The van der Waals surface area contributed by atoms with Crippen LogP contribution in [0.2, 0.25) is 0 Å². The van der Waals surface area contributed by atoms with E-state index in [1.165, 1.54) is 30.0 Å². The monoisotopic (exact) mass is 443 g/mol. The summed E-state index contributed by atoms with van der Waals surface area (Å²) in [6.45, 7) is 2.24. The minimum absolute atomic E-state index is 0.0247. The van der Waals surface area contributed by atoms with Crippen molar-refractivity contribution < 1.29 is 28.6 Å². The molecule has 2 aromatic heterocycles. The van der Waals surface area contributed by atoms with Gasteiger partial charge in [0.1, 0.15) is 22.9 Å². The second kappa shape index (κ2) is 8.42. The van der Waals surface area contributed by atoms with E-state index in [1.807, 2.05) is 6.92 Å². The van der Waals surface area contributed by atoms with Gasteiger partial charge in [-0.15, -0.1) is 0 Å². The Bertz CT molecular complexity index is 1180. The number of amides is 1. The normalized spacial score (nSPS) is 18.1. The number of benzene rings is 1. The van der Waals surface area contributed by atoms with Gasteiger partial charge in [-0.1, -0.05) is 0 Å². The molecule has 0 bridgehead atoms. The van der Waals surface area contributed by atoms with E-state index in [0.29, 0.717) is 35.5 Å². The summed E-state index contributed by atoms with van der Waals surface area (Å²) in [4.78, 5) is 26.5. The number of nitrogens with zero attached hydrogens (tertiary/aromatic N) is 3. The molecule has 0 fully saturated rings.